The molecule has 0 fully saturated rings. The molecule has 0 radical (unpaired) electrons. The van der Waals surface area contributed by atoms with Crippen LogP contribution in [-0.4, -0.2) is 46.9 Å². The Morgan fingerprint density at radius 2 is 1.96 bits per heavy atom. The first-order valence-electron chi connectivity index (χ1n) is 8.24. The van der Waals surface area contributed by atoms with Gasteiger partial charge in [-0.15, -0.1) is 0 Å². The molecule has 1 rings (SSSR count). The summed E-state index contributed by atoms with van der Waals surface area (Å²) >= 11 is 0. The molecule has 0 aliphatic rings. The number of nitrogens with zero attached hydrogens (tertiary/aromatic N) is 1. The summed E-state index contributed by atoms with van der Waals surface area (Å²) in [4.78, 5) is 36.1. The van der Waals surface area contributed by atoms with Crippen LogP contribution in [0.2, 0.25) is 0 Å². The highest BCUT2D eigenvalue weighted by atomic mass is 19.1. The van der Waals surface area contributed by atoms with E-state index >= 15 is 0 Å². The summed E-state index contributed by atoms with van der Waals surface area (Å²) in [6, 6.07) is 5.19. The van der Waals surface area contributed by atoms with Crippen molar-refractivity contribution in [2.45, 2.75) is 39.7 Å². The van der Waals surface area contributed by atoms with Crippen molar-refractivity contribution >= 4 is 17.8 Å². The molecule has 1 aromatic carbocycles. The van der Waals surface area contributed by atoms with Gasteiger partial charge in [0.2, 0.25) is 11.8 Å². The van der Waals surface area contributed by atoms with E-state index in [1.54, 1.807) is 19.1 Å². The molecule has 0 saturated carbocycles. The Labute approximate surface area is 147 Å². The lowest BCUT2D eigenvalue weighted by atomic mass is 9.99. The van der Waals surface area contributed by atoms with Gasteiger partial charge in [0.1, 0.15) is 11.9 Å². The molecule has 0 aliphatic heterocycles. The number of aryl methyl sites for hydroxylation is 1. The van der Waals surface area contributed by atoms with Gasteiger partial charge in [0.15, 0.2) is 0 Å². The van der Waals surface area contributed by atoms with E-state index in [0.717, 1.165) is 5.56 Å². The van der Waals surface area contributed by atoms with E-state index in [0.29, 0.717) is 12.8 Å². The van der Waals surface area contributed by atoms with Crippen molar-refractivity contribution in [2.75, 3.05) is 13.1 Å². The van der Waals surface area contributed by atoms with Crippen LogP contribution in [0.5, 0.6) is 0 Å². The van der Waals surface area contributed by atoms with E-state index in [9.17, 15) is 23.9 Å². The van der Waals surface area contributed by atoms with Crippen LogP contribution in [0.4, 0.5) is 4.39 Å². The van der Waals surface area contributed by atoms with E-state index in [-0.39, 0.29) is 30.7 Å². The highest BCUT2D eigenvalue weighted by Crippen LogP contribution is 2.15. The fourth-order valence-corrected chi connectivity index (χ4v) is 2.46. The average molecular weight is 352 g/mol. The zero-order valence-electron chi connectivity index (χ0n) is 14.8. The van der Waals surface area contributed by atoms with Crippen LogP contribution in [0.25, 0.3) is 0 Å². The van der Waals surface area contributed by atoms with Crippen molar-refractivity contribution < 1.29 is 23.9 Å². The minimum Gasteiger partial charge on any atom is -0.480 e. The molecule has 6 nitrogen and oxygen atoms in total. The van der Waals surface area contributed by atoms with E-state index in [4.69, 9.17) is 0 Å². The first-order valence-corrected chi connectivity index (χ1v) is 8.24. The SMILES string of the molecule is CC(=O)NCCN(C(=O)C(C)CCc1cccc(F)c1)C(C)C(=O)O. The van der Waals surface area contributed by atoms with Crippen molar-refractivity contribution in [2.24, 2.45) is 5.92 Å². The second-order valence-corrected chi connectivity index (χ2v) is 6.10. The van der Waals surface area contributed by atoms with Crippen molar-refractivity contribution in [3.05, 3.63) is 35.6 Å². The molecular weight excluding hydrogens is 327 g/mol. The highest BCUT2D eigenvalue weighted by molar-refractivity contribution is 5.84. The second kappa shape index (κ2) is 9.76. The van der Waals surface area contributed by atoms with Gasteiger partial charge in [-0.3, -0.25) is 9.59 Å². The number of nitrogens with one attached hydrogen (secondary N) is 1. The Morgan fingerprint density at radius 1 is 1.28 bits per heavy atom. The average Bonchev–Trinajstić information content (AvgIpc) is 2.55. The third-order valence-corrected chi connectivity index (χ3v) is 4.01. The van der Waals surface area contributed by atoms with Gasteiger partial charge in [-0.25, -0.2) is 9.18 Å². The number of carbonyl (C=O) groups is 3. The molecule has 0 saturated heterocycles. The number of carboxylic acid groups (broad SMARTS) is 1. The Hall–Kier alpha value is -2.44. The Morgan fingerprint density at radius 3 is 2.52 bits per heavy atom. The number of hydrogen-bond acceptors (Lipinski definition) is 3. The standard InChI is InChI=1S/C18H25FN2O4/c1-12(7-8-15-5-4-6-16(19)11-15)17(23)21(13(2)18(24)25)10-9-20-14(3)22/h4-6,11-13H,7-10H2,1-3H3,(H,20,22)(H,24,25). The summed E-state index contributed by atoms with van der Waals surface area (Å²) in [5, 5.41) is 11.8. The number of rotatable bonds is 9. The van der Waals surface area contributed by atoms with Gasteiger partial charge in [-0.2, -0.15) is 0 Å². The Kier molecular flexibility index (Phi) is 8.04. The van der Waals surface area contributed by atoms with Gasteiger partial charge in [0.05, 0.1) is 0 Å². The van der Waals surface area contributed by atoms with Crippen molar-refractivity contribution in [1.29, 1.82) is 0 Å². The fourth-order valence-electron chi connectivity index (χ4n) is 2.46. The number of carbonyl (C=O) groups excluding carboxylic acids is 2. The molecular formula is C18H25FN2O4. The summed E-state index contributed by atoms with van der Waals surface area (Å²) in [6.07, 6.45) is 0.997. The maximum absolute atomic E-state index is 13.2. The molecule has 2 amide bonds. The van der Waals surface area contributed by atoms with Crippen LogP contribution in [0, 0.1) is 11.7 Å². The van der Waals surface area contributed by atoms with Crippen LogP contribution in [0.1, 0.15) is 32.8 Å². The van der Waals surface area contributed by atoms with E-state index in [1.807, 2.05) is 0 Å². The Balaban J connectivity index is 2.70. The number of benzene rings is 1. The summed E-state index contributed by atoms with van der Waals surface area (Å²) in [7, 11) is 0. The normalized spacial score (nSPS) is 13.0. The molecule has 25 heavy (non-hydrogen) atoms. The number of carboxylic acids is 1. The Bertz CT molecular complexity index is 621. The van der Waals surface area contributed by atoms with Gasteiger partial charge in [-0.1, -0.05) is 19.1 Å². The summed E-state index contributed by atoms with van der Waals surface area (Å²) in [5.74, 6) is -2.38. The van der Waals surface area contributed by atoms with Gasteiger partial charge < -0.3 is 15.3 Å². The molecule has 2 atom stereocenters. The van der Waals surface area contributed by atoms with Crippen LogP contribution in [0.3, 0.4) is 0 Å². The minimum atomic E-state index is -1.10. The van der Waals surface area contributed by atoms with Crippen LogP contribution in [-0.2, 0) is 20.8 Å². The van der Waals surface area contributed by atoms with Crippen LogP contribution >= 0.6 is 0 Å². The van der Waals surface area contributed by atoms with Crippen molar-refractivity contribution in [3.8, 4) is 0 Å². The zero-order valence-corrected chi connectivity index (χ0v) is 14.8. The highest BCUT2D eigenvalue weighted by Gasteiger charge is 2.28. The molecule has 0 heterocycles. The molecule has 1 aromatic rings. The lowest BCUT2D eigenvalue weighted by Gasteiger charge is -2.29. The number of amides is 2. The number of hydrogen-bond donors (Lipinski definition) is 2. The van der Waals surface area contributed by atoms with E-state index in [1.165, 1.54) is 30.9 Å². The molecule has 7 heteroatoms. The third kappa shape index (κ3) is 6.91. The predicted octanol–water partition coefficient (Wildman–Crippen LogP) is 1.83. The molecule has 2 unspecified atom stereocenters. The summed E-state index contributed by atoms with van der Waals surface area (Å²) < 4.78 is 13.2. The van der Waals surface area contributed by atoms with Gasteiger partial charge >= 0.3 is 5.97 Å². The maximum Gasteiger partial charge on any atom is 0.326 e. The largest absolute Gasteiger partial charge is 0.480 e. The quantitative estimate of drug-likeness (QED) is 0.710. The van der Waals surface area contributed by atoms with Crippen LogP contribution < -0.4 is 5.32 Å². The molecule has 0 spiro atoms. The molecule has 138 valence electrons. The number of aliphatic carboxylic acids is 1. The van der Waals surface area contributed by atoms with Gasteiger partial charge in [-0.05, 0) is 37.5 Å². The zero-order chi connectivity index (χ0) is 19.0. The summed E-state index contributed by atoms with van der Waals surface area (Å²) in [6.45, 7) is 4.83. The molecule has 0 aromatic heterocycles. The first-order chi connectivity index (χ1) is 11.7. The topological polar surface area (TPSA) is 86.7 Å². The van der Waals surface area contributed by atoms with E-state index in [2.05, 4.69) is 5.32 Å². The predicted molar refractivity (Wildman–Crippen MR) is 91.4 cm³/mol. The molecule has 0 aliphatic carbocycles. The number of halogens is 1. The van der Waals surface area contributed by atoms with Crippen molar-refractivity contribution in [1.82, 2.24) is 10.2 Å². The smallest absolute Gasteiger partial charge is 0.326 e. The minimum absolute atomic E-state index is 0.121. The summed E-state index contributed by atoms with van der Waals surface area (Å²) in [5.41, 5.74) is 0.788. The van der Waals surface area contributed by atoms with E-state index < -0.39 is 17.9 Å². The van der Waals surface area contributed by atoms with Crippen LogP contribution in [0.15, 0.2) is 24.3 Å². The monoisotopic (exact) mass is 352 g/mol. The van der Waals surface area contributed by atoms with Gasteiger partial charge in [0.25, 0.3) is 0 Å². The lowest BCUT2D eigenvalue weighted by Crippen LogP contribution is -2.48. The lowest BCUT2D eigenvalue weighted by molar-refractivity contribution is -0.151. The van der Waals surface area contributed by atoms with Crippen molar-refractivity contribution in [3.63, 3.8) is 0 Å². The molecule has 0 bridgehead atoms. The second-order valence-electron chi connectivity index (χ2n) is 6.10. The first kappa shape index (κ1) is 20.6. The maximum atomic E-state index is 13.2. The van der Waals surface area contributed by atoms with Gasteiger partial charge in [0, 0.05) is 25.9 Å². The fraction of sp³-hybridized carbons (Fsp3) is 0.500. The third-order valence-electron chi connectivity index (χ3n) is 4.01. The molecule has 2 N–H and O–H groups in total.